The highest BCUT2D eigenvalue weighted by atomic mass is 32.2. The van der Waals surface area contributed by atoms with Crippen LogP contribution in [0.3, 0.4) is 0 Å². The lowest BCUT2D eigenvalue weighted by atomic mass is 10.1. The Balaban J connectivity index is 1.78. The quantitative estimate of drug-likeness (QED) is 0.481. The summed E-state index contributed by atoms with van der Waals surface area (Å²) in [7, 11) is -1.95. The average Bonchev–Trinajstić information content (AvgIpc) is 2.66. The maximum Gasteiger partial charge on any atom is 0.309 e. The maximum atomic E-state index is 12.1. The number of esters is 1. The molecule has 0 aliphatic carbocycles. The van der Waals surface area contributed by atoms with E-state index in [1.165, 1.54) is 31.3 Å². The number of rotatable bonds is 9. The van der Waals surface area contributed by atoms with Gasteiger partial charge in [-0.25, -0.2) is 8.42 Å². The molecule has 0 spiro atoms. The van der Waals surface area contributed by atoms with Crippen LogP contribution in [0.25, 0.3) is 0 Å². The van der Waals surface area contributed by atoms with Crippen LogP contribution in [0.1, 0.15) is 16.8 Å². The van der Waals surface area contributed by atoms with Gasteiger partial charge in [0, 0.05) is 12.6 Å². The van der Waals surface area contributed by atoms with Gasteiger partial charge in [0.1, 0.15) is 5.75 Å². The average molecular weight is 391 g/mol. The van der Waals surface area contributed by atoms with Crippen LogP contribution in [-0.4, -0.2) is 46.7 Å². The van der Waals surface area contributed by atoms with Gasteiger partial charge < -0.3 is 9.47 Å². The Morgan fingerprint density at radius 1 is 1.00 bits per heavy atom. The van der Waals surface area contributed by atoms with Crippen LogP contribution in [0.15, 0.2) is 54.6 Å². The minimum absolute atomic E-state index is 0.0280. The maximum absolute atomic E-state index is 12.1. The van der Waals surface area contributed by atoms with E-state index in [1.54, 1.807) is 12.1 Å². The molecule has 0 aliphatic heterocycles. The fourth-order valence-corrected chi connectivity index (χ4v) is 2.62. The van der Waals surface area contributed by atoms with Gasteiger partial charge in [0.25, 0.3) is 0 Å². The zero-order valence-corrected chi connectivity index (χ0v) is 15.9. The molecule has 0 atom stereocenters. The number of ketones is 1. The third kappa shape index (κ3) is 6.41. The van der Waals surface area contributed by atoms with Crippen LogP contribution < -0.4 is 9.04 Å². The molecule has 0 fully saturated rings. The number of anilines is 1. The molecule has 2 aromatic rings. The summed E-state index contributed by atoms with van der Waals surface area (Å²) in [6, 6.07) is 15.1. The van der Waals surface area contributed by atoms with Crippen molar-refractivity contribution in [1.82, 2.24) is 0 Å². The zero-order chi connectivity index (χ0) is 19.9. The largest absolute Gasteiger partial charge is 0.493 e. The van der Waals surface area contributed by atoms with E-state index in [0.717, 1.165) is 10.6 Å². The van der Waals surface area contributed by atoms with E-state index in [2.05, 4.69) is 0 Å². The molecule has 0 heterocycles. The number of sulfonamides is 1. The van der Waals surface area contributed by atoms with Crippen molar-refractivity contribution in [2.45, 2.75) is 6.42 Å². The van der Waals surface area contributed by atoms with E-state index >= 15 is 0 Å². The Kier molecular flexibility index (Phi) is 6.95. The molecule has 8 heteroatoms. The molecule has 0 saturated heterocycles. The first-order valence-electron chi connectivity index (χ1n) is 8.18. The number of para-hydroxylation sites is 1. The molecule has 0 unspecified atom stereocenters. The topological polar surface area (TPSA) is 90.0 Å². The summed E-state index contributed by atoms with van der Waals surface area (Å²) in [4.78, 5) is 23.8. The van der Waals surface area contributed by atoms with Crippen molar-refractivity contribution in [3.63, 3.8) is 0 Å². The van der Waals surface area contributed by atoms with Gasteiger partial charge in [0.05, 0.1) is 25.0 Å². The molecule has 0 amide bonds. The van der Waals surface area contributed by atoms with Gasteiger partial charge in [-0.1, -0.05) is 18.2 Å². The lowest BCUT2D eigenvalue weighted by Gasteiger charge is -2.16. The van der Waals surface area contributed by atoms with Gasteiger partial charge in [0.15, 0.2) is 12.4 Å². The van der Waals surface area contributed by atoms with E-state index in [1.807, 2.05) is 18.2 Å². The first-order valence-corrected chi connectivity index (χ1v) is 10.0. The number of nitrogens with zero attached hydrogens (tertiary/aromatic N) is 1. The molecule has 0 bridgehead atoms. The predicted octanol–water partition coefficient (Wildman–Crippen LogP) is 2.28. The Hall–Kier alpha value is -2.87. The van der Waals surface area contributed by atoms with Gasteiger partial charge in [-0.2, -0.15) is 0 Å². The van der Waals surface area contributed by atoms with Crippen LogP contribution in [-0.2, 0) is 19.6 Å². The Labute approximate surface area is 158 Å². The zero-order valence-electron chi connectivity index (χ0n) is 15.1. The number of carbonyl (C=O) groups is 2. The fraction of sp³-hybridized carbons (Fsp3) is 0.263. The van der Waals surface area contributed by atoms with Crippen LogP contribution in [0.5, 0.6) is 5.75 Å². The highest BCUT2D eigenvalue weighted by Crippen LogP contribution is 2.16. The van der Waals surface area contributed by atoms with Crippen LogP contribution >= 0.6 is 0 Å². The molecule has 0 aromatic heterocycles. The second-order valence-electron chi connectivity index (χ2n) is 5.77. The number of carbonyl (C=O) groups excluding carboxylic acids is 2. The first-order chi connectivity index (χ1) is 12.8. The van der Waals surface area contributed by atoms with Gasteiger partial charge in [-0.05, 0) is 36.4 Å². The summed E-state index contributed by atoms with van der Waals surface area (Å²) >= 11 is 0. The number of ether oxygens (including phenoxy) is 2. The second-order valence-corrected chi connectivity index (χ2v) is 7.79. The number of hydrogen-bond donors (Lipinski definition) is 0. The van der Waals surface area contributed by atoms with Crippen LogP contribution in [0.2, 0.25) is 0 Å². The molecule has 0 aliphatic rings. The smallest absolute Gasteiger partial charge is 0.309 e. The molecule has 0 N–H and O–H groups in total. The number of hydrogen-bond acceptors (Lipinski definition) is 6. The van der Waals surface area contributed by atoms with E-state index in [4.69, 9.17) is 9.47 Å². The summed E-state index contributed by atoms with van der Waals surface area (Å²) in [5, 5.41) is 0. The first kappa shape index (κ1) is 20.4. The summed E-state index contributed by atoms with van der Waals surface area (Å²) in [6.07, 6.45) is 1.12. The highest BCUT2D eigenvalue weighted by Gasteiger charge is 2.14. The third-order valence-corrected chi connectivity index (χ3v) is 4.94. The van der Waals surface area contributed by atoms with E-state index < -0.39 is 16.0 Å². The SMILES string of the molecule is CN(c1ccc(C(=O)COC(=O)CCOc2ccccc2)cc1)S(C)(=O)=O. The number of Topliss-reactive ketones (excluding diaryl/α,β-unsaturated/α-hetero) is 1. The normalized spacial score (nSPS) is 10.9. The molecule has 7 nitrogen and oxygen atoms in total. The van der Waals surface area contributed by atoms with Gasteiger partial charge in [0.2, 0.25) is 10.0 Å². The van der Waals surface area contributed by atoms with Crippen LogP contribution in [0, 0.1) is 0 Å². The molecule has 0 saturated carbocycles. The fourth-order valence-electron chi connectivity index (χ4n) is 2.12. The van der Waals surface area contributed by atoms with Gasteiger partial charge in [-0.15, -0.1) is 0 Å². The third-order valence-electron chi connectivity index (χ3n) is 3.73. The van der Waals surface area contributed by atoms with Crippen molar-refractivity contribution in [3.8, 4) is 5.75 Å². The van der Waals surface area contributed by atoms with Crippen molar-refractivity contribution < 1.29 is 27.5 Å². The Morgan fingerprint density at radius 3 is 2.22 bits per heavy atom. The molecular formula is C19H21NO6S. The molecule has 2 rings (SSSR count). The van der Waals surface area contributed by atoms with E-state index in [0.29, 0.717) is 17.0 Å². The predicted molar refractivity (Wildman–Crippen MR) is 102 cm³/mol. The minimum Gasteiger partial charge on any atom is -0.493 e. The van der Waals surface area contributed by atoms with Gasteiger partial charge in [-0.3, -0.25) is 13.9 Å². The van der Waals surface area contributed by atoms with Crippen molar-refractivity contribution in [3.05, 3.63) is 60.2 Å². The Morgan fingerprint density at radius 2 is 1.63 bits per heavy atom. The van der Waals surface area contributed by atoms with Crippen molar-refractivity contribution in [2.24, 2.45) is 0 Å². The molecule has 144 valence electrons. The number of benzene rings is 2. The van der Waals surface area contributed by atoms with Crippen molar-refractivity contribution >= 4 is 27.5 Å². The summed E-state index contributed by atoms with van der Waals surface area (Å²) in [5.41, 5.74) is 0.762. The minimum atomic E-state index is -3.37. The molecule has 27 heavy (non-hydrogen) atoms. The molecule has 2 aromatic carbocycles. The van der Waals surface area contributed by atoms with Gasteiger partial charge >= 0.3 is 5.97 Å². The van der Waals surface area contributed by atoms with E-state index in [9.17, 15) is 18.0 Å². The molecule has 0 radical (unpaired) electrons. The second kappa shape index (κ2) is 9.18. The monoisotopic (exact) mass is 391 g/mol. The van der Waals surface area contributed by atoms with Crippen LogP contribution in [0.4, 0.5) is 5.69 Å². The van der Waals surface area contributed by atoms with Crippen molar-refractivity contribution in [1.29, 1.82) is 0 Å². The van der Waals surface area contributed by atoms with Crippen molar-refractivity contribution in [2.75, 3.05) is 30.8 Å². The lowest BCUT2D eigenvalue weighted by Crippen LogP contribution is -2.24. The molecular weight excluding hydrogens is 370 g/mol. The summed E-state index contributed by atoms with van der Waals surface area (Å²) < 4.78 is 34.4. The lowest BCUT2D eigenvalue weighted by molar-refractivity contribution is -0.143. The standard InChI is InChI=1S/C19H21NO6S/c1-20(27(2,23)24)16-10-8-15(9-11-16)18(21)14-26-19(22)12-13-25-17-6-4-3-5-7-17/h3-11H,12-14H2,1-2H3. The summed E-state index contributed by atoms with van der Waals surface area (Å²) in [6.45, 7) is -0.227. The van der Waals surface area contributed by atoms with E-state index in [-0.39, 0.29) is 25.4 Å². The summed E-state index contributed by atoms with van der Waals surface area (Å²) in [5.74, 6) is -0.255. The Bertz CT molecular complexity index is 878. The highest BCUT2D eigenvalue weighted by molar-refractivity contribution is 7.92.